The fourth-order valence-electron chi connectivity index (χ4n) is 1.50. The predicted octanol–water partition coefficient (Wildman–Crippen LogP) is 2.36. The van der Waals surface area contributed by atoms with E-state index in [-0.39, 0.29) is 0 Å². The van der Waals surface area contributed by atoms with Crippen LogP contribution in [0.2, 0.25) is 0 Å². The van der Waals surface area contributed by atoms with E-state index >= 15 is 0 Å². The van der Waals surface area contributed by atoms with Gasteiger partial charge in [-0.1, -0.05) is 11.3 Å². The molecule has 3 aromatic rings. The molecular weight excluding hydrogens is 196 g/mol. The number of ether oxygens (including phenoxy) is 1. The van der Waals surface area contributed by atoms with Crippen LogP contribution < -0.4 is 4.74 Å². The summed E-state index contributed by atoms with van der Waals surface area (Å²) in [6.07, 6.45) is 4.68. The van der Waals surface area contributed by atoms with Gasteiger partial charge in [0.1, 0.15) is 11.9 Å². The smallest absolute Gasteiger partial charge is 0.195 e. The van der Waals surface area contributed by atoms with Gasteiger partial charge in [0, 0.05) is 6.20 Å². The highest BCUT2D eigenvalue weighted by atomic mass is 32.1. The molecule has 1 radical (unpaired) electrons. The summed E-state index contributed by atoms with van der Waals surface area (Å²) in [7, 11) is 1.67. The van der Waals surface area contributed by atoms with Crippen LogP contribution in [0.3, 0.4) is 0 Å². The van der Waals surface area contributed by atoms with Gasteiger partial charge >= 0.3 is 0 Å². The van der Waals surface area contributed by atoms with E-state index in [0.717, 1.165) is 16.2 Å². The van der Waals surface area contributed by atoms with Crippen LogP contribution in [-0.4, -0.2) is 16.5 Å². The molecule has 0 N–H and O–H groups in total. The van der Waals surface area contributed by atoms with Crippen LogP contribution in [0, 0.1) is 6.20 Å². The van der Waals surface area contributed by atoms with Crippen molar-refractivity contribution >= 4 is 26.5 Å². The van der Waals surface area contributed by atoms with Gasteiger partial charge in [-0.2, -0.15) is 0 Å². The number of thiazole rings is 1. The highest BCUT2D eigenvalue weighted by Gasteiger charge is 2.05. The zero-order valence-corrected chi connectivity index (χ0v) is 8.34. The largest absolute Gasteiger partial charge is 0.497 e. The van der Waals surface area contributed by atoms with Gasteiger partial charge in [0.2, 0.25) is 0 Å². The predicted molar refractivity (Wildman–Crippen MR) is 56.0 cm³/mol. The van der Waals surface area contributed by atoms with E-state index in [1.807, 2.05) is 28.8 Å². The summed E-state index contributed by atoms with van der Waals surface area (Å²) in [5.74, 6) is 0.881. The lowest BCUT2D eigenvalue weighted by atomic mass is 10.3. The van der Waals surface area contributed by atoms with E-state index in [9.17, 15) is 0 Å². The summed E-state index contributed by atoms with van der Waals surface area (Å²) in [6.45, 7) is 0. The van der Waals surface area contributed by atoms with E-state index in [4.69, 9.17) is 4.74 Å². The number of hydrogen-bond acceptors (Lipinski definition) is 3. The van der Waals surface area contributed by atoms with Crippen LogP contribution >= 0.6 is 11.3 Å². The third-order valence-corrected chi connectivity index (χ3v) is 3.20. The molecule has 0 unspecified atom stereocenters. The van der Waals surface area contributed by atoms with E-state index in [2.05, 4.69) is 11.2 Å². The molecule has 0 aliphatic heterocycles. The Morgan fingerprint density at radius 3 is 3.29 bits per heavy atom. The van der Waals surface area contributed by atoms with Gasteiger partial charge < -0.3 is 4.74 Å². The van der Waals surface area contributed by atoms with Gasteiger partial charge in [0.15, 0.2) is 4.96 Å². The van der Waals surface area contributed by atoms with Gasteiger partial charge in [0.25, 0.3) is 0 Å². The number of imidazole rings is 1. The normalized spacial score (nSPS) is 11.2. The fourth-order valence-corrected chi connectivity index (χ4v) is 2.49. The Morgan fingerprint density at radius 2 is 2.43 bits per heavy atom. The SMILES string of the molecule is COc1ccc2c(c1)sc1n[c]cn12. The monoisotopic (exact) mass is 203 g/mol. The van der Waals surface area contributed by atoms with Crippen LogP contribution in [-0.2, 0) is 0 Å². The first-order chi connectivity index (χ1) is 6.88. The quantitative estimate of drug-likeness (QED) is 0.607. The van der Waals surface area contributed by atoms with Crippen LogP contribution in [0.15, 0.2) is 24.4 Å². The molecule has 0 amide bonds. The van der Waals surface area contributed by atoms with Crippen molar-refractivity contribution in [3.8, 4) is 5.75 Å². The van der Waals surface area contributed by atoms with Crippen molar-refractivity contribution in [3.63, 3.8) is 0 Å². The number of benzene rings is 1. The van der Waals surface area contributed by atoms with E-state index in [1.54, 1.807) is 18.4 Å². The molecule has 2 aromatic heterocycles. The van der Waals surface area contributed by atoms with Crippen molar-refractivity contribution in [1.82, 2.24) is 9.38 Å². The van der Waals surface area contributed by atoms with Crippen molar-refractivity contribution < 1.29 is 4.74 Å². The number of fused-ring (bicyclic) bond motifs is 3. The first kappa shape index (κ1) is 7.82. The molecule has 0 bridgehead atoms. The average molecular weight is 203 g/mol. The molecule has 14 heavy (non-hydrogen) atoms. The Balaban J connectivity index is 2.43. The lowest BCUT2D eigenvalue weighted by molar-refractivity contribution is 0.415. The van der Waals surface area contributed by atoms with Crippen molar-refractivity contribution in [2.45, 2.75) is 0 Å². The van der Waals surface area contributed by atoms with Crippen molar-refractivity contribution in [2.75, 3.05) is 7.11 Å². The number of hydrogen-bond donors (Lipinski definition) is 0. The third-order valence-electron chi connectivity index (χ3n) is 2.18. The maximum absolute atomic E-state index is 5.16. The minimum atomic E-state index is 0.881. The topological polar surface area (TPSA) is 26.5 Å². The molecule has 4 heteroatoms. The molecule has 3 rings (SSSR count). The Labute approximate surface area is 84.6 Å². The van der Waals surface area contributed by atoms with E-state index in [0.29, 0.717) is 0 Å². The molecule has 0 aliphatic rings. The summed E-state index contributed by atoms with van der Waals surface area (Å²) in [4.78, 5) is 5.09. The molecule has 0 aliphatic carbocycles. The minimum Gasteiger partial charge on any atom is -0.497 e. The second kappa shape index (κ2) is 2.72. The van der Waals surface area contributed by atoms with Crippen LogP contribution in [0.5, 0.6) is 5.75 Å². The fraction of sp³-hybridized carbons (Fsp3) is 0.100. The van der Waals surface area contributed by atoms with Gasteiger partial charge in [0.05, 0.1) is 17.3 Å². The van der Waals surface area contributed by atoms with Gasteiger partial charge in [-0.3, -0.25) is 4.40 Å². The highest BCUT2D eigenvalue weighted by Crippen LogP contribution is 2.28. The second-order valence-corrected chi connectivity index (χ2v) is 3.97. The number of rotatable bonds is 1. The maximum atomic E-state index is 5.16. The van der Waals surface area contributed by atoms with Crippen LogP contribution in [0.4, 0.5) is 0 Å². The van der Waals surface area contributed by atoms with Gasteiger partial charge in [-0.25, -0.2) is 4.98 Å². The van der Waals surface area contributed by atoms with Crippen molar-refractivity contribution in [3.05, 3.63) is 30.6 Å². The molecule has 69 valence electrons. The Hall–Kier alpha value is -1.55. The first-order valence-electron chi connectivity index (χ1n) is 4.20. The second-order valence-electron chi connectivity index (χ2n) is 2.96. The van der Waals surface area contributed by atoms with Gasteiger partial charge in [-0.05, 0) is 18.2 Å². The Kier molecular flexibility index (Phi) is 1.52. The summed E-state index contributed by atoms with van der Waals surface area (Å²) >= 11 is 1.64. The Morgan fingerprint density at radius 1 is 1.50 bits per heavy atom. The minimum absolute atomic E-state index is 0.881. The zero-order valence-electron chi connectivity index (χ0n) is 7.52. The highest BCUT2D eigenvalue weighted by molar-refractivity contribution is 7.23. The molecule has 3 nitrogen and oxygen atoms in total. The number of aromatic nitrogens is 2. The first-order valence-corrected chi connectivity index (χ1v) is 5.02. The van der Waals surface area contributed by atoms with E-state index < -0.39 is 0 Å². The van der Waals surface area contributed by atoms with E-state index in [1.165, 1.54) is 4.70 Å². The summed E-state index contributed by atoms with van der Waals surface area (Å²) in [6, 6.07) is 6.01. The molecule has 1 aromatic carbocycles. The maximum Gasteiger partial charge on any atom is 0.195 e. The molecule has 0 saturated carbocycles. The molecule has 0 atom stereocenters. The standard InChI is InChI=1S/C10H7N2OS/c1-13-7-2-3-8-9(6-7)14-10-11-4-5-12(8)10/h2-3,5-6H,1H3. The number of nitrogens with zero attached hydrogens (tertiary/aromatic N) is 2. The molecular formula is C10H7N2OS. The van der Waals surface area contributed by atoms with Gasteiger partial charge in [-0.15, -0.1) is 0 Å². The third kappa shape index (κ3) is 0.943. The average Bonchev–Trinajstić information content (AvgIpc) is 2.75. The lowest BCUT2D eigenvalue weighted by Gasteiger charge is -1.97. The van der Waals surface area contributed by atoms with Crippen LogP contribution in [0.25, 0.3) is 15.2 Å². The summed E-state index contributed by atoms with van der Waals surface area (Å²) in [5.41, 5.74) is 1.15. The van der Waals surface area contributed by atoms with Crippen molar-refractivity contribution in [1.29, 1.82) is 0 Å². The summed E-state index contributed by atoms with van der Waals surface area (Å²) in [5, 5.41) is 0. The Bertz CT molecular complexity index is 596. The van der Waals surface area contributed by atoms with Crippen LogP contribution in [0.1, 0.15) is 0 Å². The molecule has 0 fully saturated rings. The molecule has 2 heterocycles. The number of methoxy groups -OCH3 is 1. The zero-order chi connectivity index (χ0) is 9.54. The molecule has 0 spiro atoms. The molecule has 0 saturated heterocycles. The summed E-state index contributed by atoms with van der Waals surface area (Å²) < 4.78 is 8.37. The lowest BCUT2D eigenvalue weighted by Crippen LogP contribution is -1.81. The van der Waals surface area contributed by atoms with Crippen molar-refractivity contribution in [2.24, 2.45) is 0 Å².